The van der Waals surface area contributed by atoms with Crippen molar-refractivity contribution < 1.29 is 8.78 Å². The summed E-state index contributed by atoms with van der Waals surface area (Å²) in [6.07, 6.45) is 1.17. The van der Waals surface area contributed by atoms with Crippen molar-refractivity contribution in [2.75, 3.05) is 26.2 Å². The van der Waals surface area contributed by atoms with Crippen LogP contribution in [0.3, 0.4) is 0 Å². The molecule has 1 aliphatic heterocycles. The first-order valence-electron chi connectivity index (χ1n) is 6.56. The van der Waals surface area contributed by atoms with Crippen molar-refractivity contribution in [3.8, 4) is 0 Å². The van der Waals surface area contributed by atoms with Crippen LogP contribution >= 0.6 is 0 Å². The topological polar surface area (TPSA) is 15.3 Å². The molecular formula is C14H20F2N2. The molecular weight excluding hydrogens is 234 g/mol. The Morgan fingerprint density at radius 2 is 2.06 bits per heavy atom. The number of benzene rings is 1. The van der Waals surface area contributed by atoms with Crippen molar-refractivity contribution in [1.82, 2.24) is 10.2 Å². The maximum absolute atomic E-state index is 13.4. The highest BCUT2D eigenvalue weighted by Gasteiger charge is 2.20. The molecule has 0 spiro atoms. The van der Waals surface area contributed by atoms with Gasteiger partial charge < -0.3 is 10.2 Å². The van der Waals surface area contributed by atoms with Crippen LogP contribution in [0.15, 0.2) is 18.2 Å². The van der Waals surface area contributed by atoms with E-state index in [0.717, 1.165) is 26.2 Å². The van der Waals surface area contributed by atoms with E-state index in [0.29, 0.717) is 5.92 Å². The summed E-state index contributed by atoms with van der Waals surface area (Å²) in [6.45, 7) is 6.55. The van der Waals surface area contributed by atoms with Gasteiger partial charge in [-0.15, -0.1) is 0 Å². The fourth-order valence-corrected chi connectivity index (χ4v) is 2.47. The number of nitrogens with one attached hydrogen (secondary N) is 1. The molecule has 4 heteroatoms. The van der Waals surface area contributed by atoms with Crippen molar-refractivity contribution >= 4 is 0 Å². The standard InChI is InChI=1S/C14H20F2N2/c1-2-18-7-6-11(10-18)8-17-9-12-13(15)4-3-5-14(12)16/h3-5,11,17H,2,6-10H2,1H3. The Morgan fingerprint density at radius 1 is 1.33 bits per heavy atom. The van der Waals surface area contributed by atoms with E-state index in [2.05, 4.69) is 17.1 Å². The molecule has 0 saturated carbocycles. The normalized spacial score (nSPS) is 20.5. The van der Waals surface area contributed by atoms with Crippen LogP contribution in [0.4, 0.5) is 8.78 Å². The van der Waals surface area contributed by atoms with E-state index < -0.39 is 11.6 Å². The van der Waals surface area contributed by atoms with Gasteiger partial charge in [0.25, 0.3) is 0 Å². The molecule has 100 valence electrons. The zero-order valence-corrected chi connectivity index (χ0v) is 10.8. The molecule has 1 aliphatic rings. The van der Waals surface area contributed by atoms with Gasteiger partial charge in [-0.2, -0.15) is 0 Å². The highest BCUT2D eigenvalue weighted by Crippen LogP contribution is 2.15. The lowest BCUT2D eigenvalue weighted by Gasteiger charge is -2.14. The van der Waals surface area contributed by atoms with Gasteiger partial charge in [-0.05, 0) is 44.1 Å². The highest BCUT2D eigenvalue weighted by molar-refractivity contribution is 5.19. The Morgan fingerprint density at radius 3 is 2.67 bits per heavy atom. The highest BCUT2D eigenvalue weighted by atomic mass is 19.1. The first-order chi connectivity index (χ1) is 8.70. The second kappa shape index (κ2) is 6.25. The largest absolute Gasteiger partial charge is 0.312 e. The third-order valence-corrected chi connectivity index (χ3v) is 3.61. The van der Waals surface area contributed by atoms with Gasteiger partial charge in [0.1, 0.15) is 11.6 Å². The first kappa shape index (κ1) is 13.4. The van der Waals surface area contributed by atoms with Crippen molar-refractivity contribution in [2.45, 2.75) is 19.9 Å². The lowest BCUT2D eigenvalue weighted by molar-refractivity contribution is 0.338. The van der Waals surface area contributed by atoms with Crippen LogP contribution in [0, 0.1) is 17.6 Å². The van der Waals surface area contributed by atoms with Gasteiger partial charge in [0.05, 0.1) is 0 Å². The monoisotopic (exact) mass is 254 g/mol. The van der Waals surface area contributed by atoms with Crippen LogP contribution in [0.25, 0.3) is 0 Å². The van der Waals surface area contributed by atoms with Crippen molar-refractivity contribution in [1.29, 1.82) is 0 Å². The molecule has 0 radical (unpaired) electrons. The molecule has 0 bridgehead atoms. The van der Waals surface area contributed by atoms with E-state index in [1.54, 1.807) is 0 Å². The fraction of sp³-hybridized carbons (Fsp3) is 0.571. The number of hydrogen-bond acceptors (Lipinski definition) is 2. The summed E-state index contributed by atoms with van der Waals surface area (Å²) >= 11 is 0. The van der Waals surface area contributed by atoms with Crippen LogP contribution < -0.4 is 5.32 Å². The molecule has 1 atom stereocenters. The lowest BCUT2D eigenvalue weighted by Crippen LogP contribution is -2.26. The zero-order chi connectivity index (χ0) is 13.0. The molecule has 18 heavy (non-hydrogen) atoms. The van der Waals surface area contributed by atoms with E-state index in [-0.39, 0.29) is 12.1 Å². The summed E-state index contributed by atoms with van der Waals surface area (Å²) in [4.78, 5) is 2.40. The molecule has 1 heterocycles. The summed E-state index contributed by atoms with van der Waals surface area (Å²) in [7, 11) is 0. The molecule has 1 N–H and O–H groups in total. The number of rotatable bonds is 5. The number of hydrogen-bond donors (Lipinski definition) is 1. The molecule has 0 aromatic heterocycles. The van der Waals surface area contributed by atoms with E-state index in [1.165, 1.54) is 24.6 Å². The predicted octanol–water partition coefficient (Wildman–Crippen LogP) is 2.40. The summed E-state index contributed by atoms with van der Waals surface area (Å²) < 4.78 is 26.8. The van der Waals surface area contributed by atoms with Gasteiger partial charge in [0, 0.05) is 18.7 Å². The molecule has 2 nitrogen and oxygen atoms in total. The SMILES string of the molecule is CCN1CCC(CNCc2c(F)cccc2F)C1. The van der Waals surface area contributed by atoms with E-state index in [9.17, 15) is 8.78 Å². The van der Waals surface area contributed by atoms with Crippen LogP contribution in [0.1, 0.15) is 18.9 Å². The van der Waals surface area contributed by atoms with E-state index >= 15 is 0 Å². The molecule has 1 aromatic carbocycles. The van der Waals surface area contributed by atoms with E-state index in [4.69, 9.17) is 0 Å². The van der Waals surface area contributed by atoms with Crippen molar-refractivity contribution in [3.05, 3.63) is 35.4 Å². The second-order valence-electron chi connectivity index (χ2n) is 4.88. The first-order valence-corrected chi connectivity index (χ1v) is 6.56. The molecule has 0 aliphatic carbocycles. The third-order valence-electron chi connectivity index (χ3n) is 3.61. The average Bonchev–Trinajstić information content (AvgIpc) is 2.81. The van der Waals surface area contributed by atoms with Gasteiger partial charge in [-0.3, -0.25) is 0 Å². The zero-order valence-electron chi connectivity index (χ0n) is 10.8. The molecule has 1 fully saturated rings. The van der Waals surface area contributed by atoms with Gasteiger partial charge in [0.2, 0.25) is 0 Å². The van der Waals surface area contributed by atoms with Crippen molar-refractivity contribution in [3.63, 3.8) is 0 Å². The quantitative estimate of drug-likeness (QED) is 0.868. The van der Waals surface area contributed by atoms with Crippen LogP contribution in [-0.2, 0) is 6.54 Å². The van der Waals surface area contributed by atoms with Gasteiger partial charge in [-0.25, -0.2) is 8.78 Å². The van der Waals surface area contributed by atoms with Crippen LogP contribution in [-0.4, -0.2) is 31.1 Å². The fourth-order valence-electron chi connectivity index (χ4n) is 2.47. The summed E-state index contributed by atoms with van der Waals surface area (Å²) in [6, 6.07) is 3.99. The third kappa shape index (κ3) is 3.27. The van der Waals surface area contributed by atoms with Gasteiger partial charge >= 0.3 is 0 Å². The molecule has 1 unspecified atom stereocenters. The molecule has 1 aromatic rings. The lowest BCUT2D eigenvalue weighted by atomic mass is 10.1. The van der Waals surface area contributed by atoms with Gasteiger partial charge in [-0.1, -0.05) is 13.0 Å². The predicted molar refractivity (Wildman–Crippen MR) is 68.3 cm³/mol. The van der Waals surface area contributed by atoms with E-state index in [1.807, 2.05) is 0 Å². The summed E-state index contributed by atoms with van der Waals surface area (Å²) in [5, 5.41) is 3.16. The summed E-state index contributed by atoms with van der Waals surface area (Å²) in [5.74, 6) is -0.340. The maximum atomic E-state index is 13.4. The Bertz CT molecular complexity index is 375. The summed E-state index contributed by atoms with van der Waals surface area (Å²) in [5.41, 5.74) is 0.142. The van der Waals surface area contributed by atoms with Crippen LogP contribution in [0.2, 0.25) is 0 Å². The second-order valence-corrected chi connectivity index (χ2v) is 4.88. The van der Waals surface area contributed by atoms with Gasteiger partial charge in [0.15, 0.2) is 0 Å². The van der Waals surface area contributed by atoms with Crippen molar-refractivity contribution in [2.24, 2.45) is 5.92 Å². The molecule has 0 amide bonds. The number of halogens is 2. The Hall–Kier alpha value is -1.00. The Kier molecular flexibility index (Phi) is 4.66. The van der Waals surface area contributed by atoms with Crippen LogP contribution in [0.5, 0.6) is 0 Å². The minimum atomic E-state index is -0.468. The minimum absolute atomic E-state index is 0.142. The average molecular weight is 254 g/mol. The smallest absolute Gasteiger partial charge is 0.130 e. The maximum Gasteiger partial charge on any atom is 0.130 e. The number of nitrogens with zero attached hydrogens (tertiary/aromatic N) is 1. The number of likely N-dealkylation sites (tertiary alicyclic amines) is 1. The molecule has 1 saturated heterocycles. The minimum Gasteiger partial charge on any atom is -0.312 e. The Balaban J connectivity index is 1.79. The Labute approximate surface area is 107 Å². The molecule has 2 rings (SSSR count).